The summed E-state index contributed by atoms with van der Waals surface area (Å²) in [6.07, 6.45) is 0. The number of aromatic nitrogens is 2. The standard InChI is InChI=1S/C6H7ClN2O2/c1-8-4(6(10)11)3-5(7)9(8)2/h3H,1-2H3. The molecule has 0 spiro atoms. The van der Waals surface area contributed by atoms with E-state index >= 15 is 0 Å². The maximum Gasteiger partial charge on any atom is 0.255 e. The Labute approximate surface area is 68.6 Å². The number of carbonyl (C=O) groups is 1. The zero-order valence-corrected chi connectivity index (χ0v) is 6.92. The third-order valence-corrected chi connectivity index (χ3v) is 1.93. The van der Waals surface area contributed by atoms with Crippen LogP contribution in [0.3, 0.4) is 0 Å². The van der Waals surface area contributed by atoms with Gasteiger partial charge >= 0.3 is 0 Å². The third-order valence-electron chi connectivity index (χ3n) is 1.57. The van der Waals surface area contributed by atoms with E-state index in [1.54, 1.807) is 14.1 Å². The number of carbonyl (C=O) groups excluding carboxylic acids is 1. The molecule has 0 aliphatic rings. The van der Waals surface area contributed by atoms with Crippen LogP contribution in [0.5, 0.6) is 0 Å². The summed E-state index contributed by atoms with van der Waals surface area (Å²) < 4.78 is 2.91. The van der Waals surface area contributed by atoms with Crippen LogP contribution >= 0.6 is 11.6 Å². The van der Waals surface area contributed by atoms with Gasteiger partial charge in [0.2, 0.25) is 0 Å². The lowest BCUT2D eigenvalue weighted by Gasteiger charge is -1.94. The minimum atomic E-state index is -1.23. The number of halogens is 1. The normalized spacial score (nSPS) is 10.1. The molecule has 0 saturated heterocycles. The summed E-state index contributed by atoms with van der Waals surface area (Å²) in [7, 11) is 3.26. The van der Waals surface area contributed by atoms with Gasteiger partial charge in [0.15, 0.2) is 12.2 Å². The lowest BCUT2D eigenvalue weighted by atomic mass is 10.4. The van der Waals surface area contributed by atoms with E-state index in [9.17, 15) is 9.90 Å². The predicted molar refractivity (Wildman–Crippen MR) is 35.9 cm³/mol. The summed E-state index contributed by atoms with van der Waals surface area (Å²) >= 11 is 5.63. The Morgan fingerprint density at radius 3 is 2.55 bits per heavy atom. The molecule has 0 bridgehead atoms. The molecule has 0 saturated carbocycles. The first kappa shape index (κ1) is 8.07. The Morgan fingerprint density at radius 2 is 2.36 bits per heavy atom. The monoisotopic (exact) mass is 174 g/mol. The molecule has 1 aromatic rings. The topological polar surface area (TPSA) is 48.9 Å². The van der Waals surface area contributed by atoms with Gasteiger partial charge in [-0.15, -0.1) is 9.36 Å². The van der Waals surface area contributed by atoms with Crippen LogP contribution in [-0.4, -0.2) is 10.7 Å². The molecule has 0 amide bonds. The van der Waals surface area contributed by atoms with E-state index in [1.807, 2.05) is 0 Å². The fourth-order valence-electron chi connectivity index (χ4n) is 0.796. The molecule has 0 aromatic carbocycles. The molecular formula is C6H7ClN2O2. The van der Waals surface area contributed by atoms with E-state index in [0.717, 1.165) is 0 Å². The highest BCUT2D eigenvalue weighted by atomic mass is 35.5. The average Bonchev–Trinajstić information content (AvgIpc) is 2.17. The molecule has 1 heterocycles. The first-order chi connectivity index (χ1) is 5.04. The summed E-state index contributed by atoms with van der Waals surface area (Å²) in [6, 6.07) is 1.34. The minimum absolute atomic E-state index is 0.0671. The Hall–Kier alpha value is -1.03. The zero-order chi connectivity index (χ0) is 8.59. The van der Waals surface area contributed by atoms with Gasteiger partial charge in [0.25, 0.3) is 5.69 Å². The van der Waals surface area contributed by atoms with Crippen LogP contribution in [0.25, 0.3) is 0 Å². The van der Waals surface area contributed by atoms with Crippen molar-refractivity contribution in [3.63, 3.8) is 0 Å². The quantitative estimate of drug-likeness (QED) is 0.506. The molecule has 0 aliphatic heterocycles. The van der Waals surface area contributed by atoms with E-state index in [-0.39, 0.29) is 5.69 Å². The van der Waals surface area contributed by atoms with E-state index < -0.39 is 5.97 Å². The Kier molecular flexibility index (Phi) is 1.87. The maximum atomic E-state index is 10.4. The largest absolute Gasteiger partial charge is 0.539 e. The summed E-state index contributed by atoms with van der Waals surface area (Å²) in [5.41, 5.74) is 0.0671. The van der Waals surface area contributed by atoms with Gasteiger partial charge in [-0.25, -0.2) is 0 Å². The number of nitrogens with zero attached hydrogens (tertiary/aromatic N) is 2. The third kappa shape index (κ3) is 1.21. The van der Waals surface area contributed by atoms with E-state index in [1.165, 1.54) is 15.4 Å². The first-order valence-electron chi connectivity index (χ1n) is 2.97. The van der Waals surface area contributed by atoms with Gasteiger partial charge in [0.05, 0.1) is 13.1 Å². The van der Waals surface area contributed by atoms with Crippen molar-refractivity contribution in [2.45, 2.75) is 0 Å². The molecule has 0 N–H and O–H groups in total. The van der Waals surface area contributed by atoms with Gasteiger partial charge in [-0.1, -0.05) is 11.6 Å². The summed E-state index contributed by atoms with van der Waals surface area (Å²) in [5, 5.41) is 10.8. The molecule has 4 nitrogen and oxygen atoms in total. The van der Waals surface area contributed by atoms with Crippen LogP contribution in [-0.2, 0) is 14.1 Å². The Balaban J connectivity index is 3.29. The molecule has 0 atom stereocenters. The number of carboxylic acid groups (broad SMARTS) is 1. The first-order valence-corrected chi connectivity index (χ1v) is 3.34. The van der Waals surface area contributed by atoms with Crippen molar-refractivity contribution in [3.05, 3.63) is 16.9 Å². The van der Waals surface area contributed by atoms with Crippen LogP contribution in [0.2, 0.25) is 5.15 Å². The van der Waals surface area contributed by atoms with Gasteiger partial charge in [0.1, 0.15) is 5.97 Å². The number of carboxylic acids is 1. The fourth-order valence-corrected chi connectivity index (χ4v) is 1.01. The van der Waals surface area contributed by atoms with Gasteiger partial charge in [-0.05, 0) is 0 Å². The highest BCUT2D eigenvalue weighted by Gasteiger charge is 2.15. The van der Waals surface area contributed by atoms with Crippen LogP contribution in [0.1, 0.15) is 10.5 Å². The van der Waals surface area contributed by atoms with Crippen molar-refractivity contribution in [1.82, 2.24) is 4.68 Å². The van der Waals surface area contributed by atoms with Gasteiger partial charge in [-0.3, -0.25) is 0 Å². The van der Waals surface area contributed by atoms with E-state index in [4.69, 9.17) is 11.6 Å². The molecule has 0 radical (unpaired) electrons. The number of rotatable bonds is 1. The summed E-state index contributed by atoms with van der Waals surface area (Å²) in [6.45, 7) is 0. The Morgan fingerprint density at radius 1 is 1.82 bits per heavy atom. The SMILES string of the molecule is Cn1c(Cl)cc(C(=O)[O-])[n+]1C. The Bertz CT molecular complexity index is 306. The second-order valence-corrected chi connectivity index (χ2v) is 2.57. The van der Waals surface area contributed by atoms with Crippen molar-refractivity contribution >= 4 is 17.6 Å². The smallest absolute Gasteiger partial charge is 0.255 e. The number of hydrogen-bond acceptors (Lipinski definition) is 2. The second kappa shape index (κ2) is 2.54. The molecule has 0 aliphatic carbocycles. The summed E-state index contributed by atoms with van der Waals surface area (Å²) in [5.74, 6) is -1.23. The molecule has 0 unspecified atom stereocenters. The van der Waals surface area contributed by atoms with Crippen LogP contribution in [0.4, 0.5) is 0 Å². The predicted octanol–water partition coefficient (Wildman–Crippen LogP) is -1.13. The zero-order valence-electron chi connectivity index (χ0n) is 6.17. The molecule has 1 aromatic heterocycles. The highest BCUT2D eigenvalue weighted by Crippen LogP contribution is 2.05. The van der Waals surface area contributed by atoms with E-state index in [2.05, 4.69) is 0 Å². The summed E-state index contributed by atoms with van der Waals surface area (Å²) in [4.78, 5) is 10.4. The molecule has 11 heavy (non-hydrogen) atoms. The molecule has 60 valence electrons. The van der Waals surface area contributed by atoms with Crippen molar-refractivity contribution < 1.29 is 14.6 Å². The van der Waals surface area contributed by atoms with Gasteiger partial charge in [0, 0.05) is 0 Å². The minimum Gasteiger partial charge on any atom is -0.539 e. The average molecular weight is 175 g/mol. The highest BCUT2D eigenvalue weighted by molar-refractivity contribution is 6.29. The molecule has 1 rings (SSSR count). The lowest BCUT2D eigenvalue weighted by molar-refractivity contribution is -0.754. The van der Waals surface area contributed by atoms with Crippen LogP contribution in [0.15, 0.2) is 6.07 Å². The van der Waals surface area contributed by atoms with Crippen LogP contribution < -0.4 is 9.79 Å². The van der Waals surface area contributed by atoms with Crippen molar-refractivity contribution in [1.29, 1.82) is 0 Å². The van der Waals surface area contributed by atoms with Crippen molar-refractivity contribution in [2.75, 3.05) is 0 Å². The van der Waals surface area contributed by atoms with Crippen LogP contribution in [0, 0.1) is 0 Å². The number of aromatic carboxylic acids is 1. The van der Waals surface area contributed by atoms with Crippen molar-refractivity contribution in [3.8, 4) is 0 Å². The second-order valence-electron chi connectivity index (χ2n) is 2.19. The van der Waals surface area contributed by atoms with E-state index in [0.29, 0.717) is 5.15 Å². The molecule has 5 heteroatoms. The lowest BCUT2D eigenvalue weighted by Crippen LogP contribution is -2.45. The van der Waals surface area contributed by atoms with Gasteiger partial charge in [-0.2, -0.15) is 0 Å². The number of hydrogen-bond donors (Lipinski definition) is 0. The maximum absolute atomic E-state index is 10.4. The fraction of sp³-hybridized carbons (Fsp3) is 0.333. The molecular weight excluding hydrogens is 168 g/mol. The van der Waals surface area contributed by atoms with Crippen molar-refractivity contribution in [2.24, 2.45) is 14.1 Å². The molecule has 0 fully saturated rings. The van der Waals surface area contributed by atoms with Gasteiger partial charge < -0.3 is 9.90 Å².